The van der Waals surface area contributed by atoms with E-state index in [1.54, 1.807) is 0 Å². The van der Waals surface area contributed by atoms with Crippen LogP contribution >= 0.6 is 11.6 Å². The standard InChI is InChI=1S/C20H23Cl/c1-2-3-7-16-10-12-17(13-11-16)19(21)20(14-15-20)18-8-5-4-6-9-18/h4-6,8-13,19H,2-3,7,14-15H2,1H3. The van der Waals surface area contributed by atoms with Gasteiger partial charge < -0.3 is 0 Å². The maximum atomic E-state index is 6.85. The van der Waals surface area contributed by atoms with Gasteiger partial charge in [-0.1, -0.05) is 67.9 Å². The number of unbranched alkanes of at least 4 members (excludes halogenated alkanes) is 1. The van der Waals surface area contributed by atoms with Gasteiger partial charge in [0.25, 0.3) is 0 Å². The Morgan fingerprint density at radius 1 is 1.00 bits per heavy atom. The minimum atomic E-state index is 0.0834. The average Bonchev–Trinajstić information content (AvgIpc) is 3.35. The molecule has 0 aromatic heterocycles. The number of aryl methyl sites for hydroxylation is 1. The molecule has 1 unspecified atom stereocenters. The van der Waals surface area contributed by atoms with Crippen LogP contribution in [0.25, 0.3) is 0 Å². The third-order valence-corrected chi connectivity index (χ3v) is 5.38. The van der Waals surface area contributed by atoms with E-state index in [0.29, 0.717) is 0 Å². The number of alkyl halides is 1. The van der Waals surface area contributed by atoms with E-state index in [9.17, 15) is 0 Å². The molecule has 1 saturated carbocycles. The van der Waals surface area contributed by atoms with Crippen LogP contribution in [0.1, 0.15) is 54.7 Å². The summed E-state index contributed by atoms with van der Waals surface area (Å²) in [7, 11) is 0. The van der Waals surface area contributed by atoms with Gasteiger partial charge in [0.1, 0.15) is 0 Å². The fourth-order valence-electron chi connectivity index (χ4n) is 3.15. The van der Waals surface area contributed by atoms with Crippen molar-refractivity contribution >= 4 is 11.6 Å². The monoisotopic (exact) mass is 298 g/mol. The molecule has 1 fully saturated rings. The summed E-state index contributed by atoms with van der Waals surface area (Å²) < 4.78 is 0. The van der Waals surface area contributed by atoms with E-state index in [1.165, 1.54) is 48.8 Å². The molecule has 1 atom stereocenters. The van der Waals surface area contributed by atoms with Crippen molar-refractivity contribution in [2.75, 3.05) is 0 Å². The third kappa shape index (κ3) is 3.01. The van der Waals surface area contributed by atoms with E-state index >= 15 is 0 Å². The molecular weight excluding hydrogens is 276 g/mol. The summed E-state index contributed by atoms with van der Waals surface area (Å²) >= 11 is 6.85. The number of hydrogen-bond acceptors (Lipinski definition) is 0. The lowest BCUT2D eigenvalue weighted by atomic mass is 9.88. The first-order chi connectivity index (χ1) is 10.3. The largest absolute Gasteiger partial charge is 0.117 e. The lowest BCUT2D eigenvalue weighted by Crippen LogP contribution is -2.14. The van der Waals surface area contributed by atoms with Crippen LogP contribution in [0.15, 0.2) is 54.6 Å². The minimum absolute atomic E-state index is 0.0834. The molecule has 0 amide bonds. The van der Waals surface area contributed by atoms with E-state index in [2.05, 4.69) is 61.5 Å². The normalized spacial score (nSPS) is 17.4. The summed E-state index contributed by atoms with van der Waals surface area (Å²) in [5.74, 6) is 0. The molecule has 0 heterocycles. The lowest BCUT2D eigenvalue weighted by molar-refractivity contribution is 0.662. The highest BCUT2D eigenvalue weighted by Gasteiger charge is 2.50. The second-order valence-corrected chi connectivity index (χ2v) is 6.67. The summed E-state index contributed by atoms with van der Waals surface area (Å²) in [4.78, 5) is 0. The molecule has 1 heteroatoms. The highest BCUT2D eigenvalue weighted by Crippen LogP contribution is 2.59. The van der Waals surface area contributed by atoms with Gasteiger partial charge in [0, 0.05) is 5.41 Å². The summed E-state index contributed by atoms with van der Waals surface area (Å²) in [5.41, 5.74) is 4.24. The van der Waals surface area contributed by atoms with E-state index in [-0.39, 0.29) is 10.8 Å². The van der Waals surface area contributed by atoms with Crippen molar-refractivity contribution in [2.45, 2.75) is 49.8 Å². The second-order valence-electron chi connectivity index (χ2n) is 6.23. The van der Waals surface area contributed by atoms with Gasteiger partial charge in [-0.15, -0.1) is 11.6 Å². The molecule has 0 nitrogen and oxygen atoms in total. The zero-order valence-corrected chi connectivity index (χ0v) is 13.4. The smallest absolute Gasteiger partial charge is 0.0681 e. The molecule has 0 bridgehead atoms. The first kappa shape index (κ1) is 14.7. The fraction of sp³-hybridized carbons (Fsp3) is 0.400. The van der Waals surface area contributed by atoms with Crippen molar-refractivity contribution in [1.29, 1.82) is 0 Å². The highest BCUT2D eigenvalue weighted by atomic mass is 35.5. The van der Waals surface area contributed by atoms with Gasteiger partial charge in [0.05, 0.1) is 5.38 Å². The molecule has 0 radical (unpaired) electrons. The molecule has 1 aliphatic rings. The Morgan fingerprint density at radius 3 is 2.24 bits per heavy atom. The summed E-state index contributed by atoms with van der Waals surface area (Å²) in [6, 6.07) is 19.7. The van der Waals surface area contributed by atoms with Gasteiger partial charge in [-0.25, -0.2) is 0 Å². The van der Waals surface area contributed by atoms with Crippen LogP contribution in [0.3, 0.4) is 0 Å². The van der Waals surface area contributed by atoms with Gasteiger partial charge in [-0.3, -0.25) is 0 Å². The van der Waals surface area contributed by atoms with Gasteiger partial charge in [-0.05, 0) is 42.4 Å². The van der Waals surface area contributed by atoms with Crippen LogP contribution < -0.4 is 0 Å². The van der Waals surface area contributed by atoms with Crippen molar-refractivity contribution < 1.29 is 0 Å². The topological polar surface area (TPSA) is 0 Å². The number of rotatable bonds is 6. The van der Waals surface area contributed by atoms with Crippen molar-refractivity contribution in [3.63, 3.8) is 0 Å². The van der Waals surface area contributed by atoms with Crippen molar-refractivity contribution in [2.24, 2.45) is 0 Å². The maximum Gasteiger partial charge on any atom is 0.0681 e. The molecule has 2 aromatic rings. The molecule has 0 saturated heterocycles. The summed E-state index contributed by atoms with van der Waals surface area (Å²) in [5, 5.41) is 0.0834. The molecule has 0 spiro atoms. The van der Waals surface area contributed by atoms with Crippen LogP contribution in [-0.2, 0) is 11.8 Å². The molecule has 0 aliphatic heterocycles. The predicted octanol–water partition coefficient (Wildman–Crippen LogP) is 6.04. The van der Waals surface area contributed by atoms with E-state index in [4.69, 9.17) is 11.6 Å². The van der Waals surface area contributed by atoms with Crippen molar-refractivity contribution in [3.05, 3.63) is 71.3 Å². The van der Waals surface area contributed by atoms with E-state index < -0.39 is 0 Å². The highest BCUT2D eigenvalue weighted by molar-refractivity contribution is 6.22. The molecule has 1 aliphatic carbocycles. The van der Waals surface area contributed by atoms with Gasteiger partial charge in [0.2, 0.25) is 0 Å². The SMILES string of the molecule is CCCCc1ccc(C(Cl)C2(c3ccccc3)CC2)cc1. The lowest BCUT2D eigenvalue weighted by Gasteiger charge is -2.22. The van der Waals surface area contributed by atoms with Crippen molar-refractivity contribution in [1.82, 2.24) is 0 Å². The number of hydrogen-bond donors (Lipinski definition) is 0. The molecular formula is C20H23Cl. The van der Waals surface area contributed by atoms with Crippen LogP contribution in [0.2, 0.25) is 0 Å². The van der Waals surface area contributed by atoms with E-state index in [0.717, 1.165) is 0 Å². The predicted molar refractivity (Wildman–Crippen MR) is 91.0 cm³/mol. The molecule has 2 aromatic carbocycles. The van der Waals surface area contributed by atoms with Crippen LogP contribution in [0.5, 0.6) is 0 Å². The number of benzene rings is 2. The third-order valence-electron chi connectivity index (χ3n) is 4.71. The first-order valence-electron chi connectivity index (χ1n) is 8.05. The molecule has 110 valence electrons. The average molecular weight is 299 g/mol. The second kappa shape index (κ2) is 6.23. The van der Waals surface area contributed by atoms with Crippen LogP contribution in [-0.4, -0.2) is 0 Å². The Bertz CT molecular complexity index is 567. The Morgan fingerprint density at radius 2 is 1.67 bits per heavy atom. The number of halogens is 1. The van der Waals surface area contributed by atoms with Crippen molar-refractivity contribution in [3.8, 4) is 0 Å². The Kier molecular flexibility index (Phi) is 4.35. The Hall–Kier alpha value is -1.27. The maximum absolute atomic E-state index is 6.85. The van der Waals surface area contributed by atoms with Gasteiger partial charge in [-0.2, -0.15) is 0 Å². The quantitative estimate of drug-likeness (QED) is 0.570. The molecule has 3 rings (SSSR count). The first-order valence-corrected chi connectivity index (χ1v) is 8.48. The molecule has 0 N–H and O–H groups in total. The Labute approximate surface area is 133 Å². The van der Waals surface area contributed by atoms with Crippen LogP contribution in [0.4, 0.5) is 0 Å². The van der Waals surface area contributed by atoms with Gasteiger partial charge >= 0.3 is 0 Å². The van der Waals surface area contributed by atoms with Crippen LogP contribution in [0, 0.1) is 0 Å². The zero-order chi connectivity index (χ0) is 14.7. The van der Waals surface area contributed by atoms with Gasteiger partial charge in [0.15, 0.2) is 0 Å². The fourth-order valence-corrected chi connectivity index (χ4v) is 3.64. The van der Waals surface area contributed by atoms with E-state index in [1.807, 2.05) is 0 Å². The summed E-state index contributed by atoms with van der Waals surface area (Å²) in [6.45, 7) is 2.24. The summed E-state index contributed by atoms with van der Waals surface area (Å²) in [6.07, 6.45) is 6.08. The minimum Gasteiger partial charge on any atom is -0.117 e. The Balaban J connectivity index is 1.77. The zero-order valence-electron chi connectivity index (χ0n) is 12.7. The molecule has 21 heavy (non-hydrogen) atoms.